The summed E-state index contributed by atoms with van der Waals surface area (Å²) in [6, 6.07) is 0. The lowest BCUT2D eigenvalue weighted by Crippen LogP contribution is -2.36. The van der Waals surface area contributed by atoms with Crippen molar-refractivity contribution in [2.24, 2.45) is 0 Å². The molecule has 0 amide bonds. The highest BCUT2D eigenvalue weighted by atomic mass is 32.2. The van der Waals surface area contributed by atoms with Crippen LogP contribution in [0.5, 0.6) is 0 Å². The number of hydrogen-bond donors (Lipinski definition) is 6. The van der Waals surface area contributed by atoms with Gasteiger partial charge in [-0.15, -0.1) is 0 Å². The summed E-state index contributed by atoms with van der Waals surface area (Å²) in [4.78, 5) is 35.0. The largest absolute Gasteiger partial charge is 0.480 e. The Balaban J connectivity index is 3.03. The van der Waals surface area contributed by atoms with Gasteiger partial charge in [0, 0.05) is 26.2 Å². The highest BCUT2D eigenvalue weighted by Crippen LogP contribution is 2.13. The van der Waals surface area contributed by atoms with Gasteiger partial charge in [0.05, 0.1) is 12.5 Å². The van der Waals surface area contributed by atoms with Gasteiger partial charge < -0.3 is 25.7 Å². The molecule has 0 bridgehead atoms. The topological polar surface area (TPSA) is 233 Å². The summed E-state index contributed by atoms with van der Waals surface area (Å²) in [5.74, 6) is -3.07. The molecule has 176 valence electrons. The molecule has 31 heavy (non-hydrogen) atoms. The first-order chi connectivity index (χ1) is 14.2. The first-order valence-electron chi connectivity index (χ1n) is 8.57. The maximum Gasteiger partial charge on any atom is 0.323 e. The minimum Gasteiger partial charge on any atom is -0.480 e. The van der Waals surface area contributed by atoms with E-state index in [1.165, 1.54) is 0 Å². The second-order valence-electron chi connectivity index (χ2n) is 6.11. The quantitative estimate of drug-likeness (QED) is 0.134. The fourth-order valence-electron chi connectivity index (χ4n) is 2.01. The number of carbonyl (C=O) groups is 2. The first-order valence-corrected chi connectivity index (χ1v) is 12.3. The van der Waals surface area contributed by atoms with E-state index in [0.29, 0.717) is 0 Å². The molecule has 1 heterocycles. The molecule has 0 aliphatic carbocycles. The van der Waals surface area contributed by atoms with Crippen molar-refractivity contribution in [2.75, 3.05) is 67.3 Å². The summed E-state index contributed by atoms with van der Waals surface area (Å²) in [5, 5.41) is 23.5. The Morgan fingerprint density at radius 1 is 0.774 bits per heavy atom. The van der Waals surface area contributed by atoms with Crippen molar-refractivity contribution in [3.05, 3.63) is 0 Å². The van der Waals surface area contributed by atoms with E-state index in [2.05, 4.69) is 35.0 Å². The van der Waals surface area contributed by atoms with Gasteiger partial charge in [-0.05, 0) is 0 Å². The molecular formula is C13H24N8O8S2. The predicted molar refractivity (Wildman–Crippen MR) is 110 cm³/mol. The minimum atomic E-state index is -3.41. The predicted octanol–water partition coefficient (Wildman–Crippen LogP) is -3.23. The van der Waals surface area contributed by atoms with Gasteiger partial charge in [0.25, 0.3) is 0 Å². The van der Waals surface area contributed by atoms with Crippen molar-refractivity contribution < 1.29 is 36.6 Å². The van der Waals surface area contributed by atoms with E-state index < -0.39 is 45.1 Å². The molecule has 0 aliphatic rings. The fraction of sp³-hybridized carbons (Fsp3) is 0.615. The molecule has 0 saturated heterocycles. The fourth-order valence-corrected chi connectivity index (χ4v) is 2.96. The molecule has 0 atom stereocenters. The third kappa shape index (κ3) is 12.5. The Morgan fingerprint density at radius 3 is 1.48 bits per heavy atom. The van der Waals surface area contributed by atoms with Crippen molar-refractivity contribution in [1.29, 1.82) is 0 Å². The monoisotopic (exact) mass is 484 g/mol. The van der Waals surface area contributed by atoms with Crippen molar-refractivity contribution >= 4 is 49.8 Å². The number of carboxylic acids is 2. The highest BCUT2D eigenvalue weighted by molar-refractivity contribution is 7.89. The average Bonchev–Trinajstić information content (AvgIpc) is 2.59. The van der Waals surface area contributed by atoms with E-state index in [1.54, 1.807) is 0 Å². The molecule has 0 aliphatic heterocycles. The van der Waals surface area contributed by atoms with Crippen LogP contribution in [0.1, 0.15) is 0 Å². The average molecular weight is 485 g/mol. The van der Waals surface area contributed by atoms with Gasteiger partial charge in [-0.1, -0.05) is 0 Å². The molecule has 16 nitrogen and oxygen atoms in total. The summed E-state index contributed by atoms with van der Waals surface area (Å²) < 4.78 is 48.9. The number of nitrogens with zero attached hydrogens (tertiary/aromatic N) is 4. The number of hydrogen-bond acceptors (Lipinski definition) is 12. The molecule has 0 radical (unpaired) electrons. The molecule has 1 aromatic heterocycles. The zero-order valence-corrected chi connectivity index (χ0v) is 18.3. The number of carboxylic acid groups (broad SMARTS) is 2. The van der Waals surface area contributed by atoms with E-state index in [0.717, 1.165) is 17.4 Å². The van der Waals surface area contributed by atoms with E-state index in [-0.39, 0.29) is 44.0 Å². The van der Waals surface area contributed by atoms with Gasteiger partial charge in [0.1, 0.15) is 13.1 Å². The van der Waals surface area contributed by atoms with E-state index in [9.17, 15) is 26.4 Å². The summed E-state index contributed by atoms with van der Waals surface area (Å²) in [7, 11) is -6.83. The maximum absolute atomic E-state index is 11.1. The van der Waals surface area contributed by atoms with Crippen molar-refractivity contribution in [2.45, 2.75) is 0 Å². The number of rotatable bonds is 15. The van der Waals surface area contributed by atoms with Crippen LogP contribution in [0.3, 0.4) is 0 Å². The number of nitrogens with one attached hydrogen (secondary N) is 4. The van der Waals surface area contributed by atoms with Crippen molar-refractivity contribution in [3.63, 3.8) is 0 Å². The van der Waals surface area contributed by atoms with Crippen molar-refractivity contribution in [1.82, 2.24) is 24.4 Å². The Morgan fingerprint density at radius 2 is 1.16 bits per heavy atom. The standard InChI is InChI=1S/C13H24N8O8S2/c1-30(26,27)16-5-3-14-11-18-12(15-4-6-17-31(2,28)29)20-13(19-11)21(7-9(22)23)8-10(24)25/h16-17H,3-8H2,1-2H3,(H,22,23)(H,24,25)(H2,14,15,18,19,20). The van der Waals surface area contributed by atoms with E-state index in [4.69, 9.17) is 10.2 Å². The Kier molecular flexibility index (Phi) is 9.75. The number of aliphatic carboxylic acids is 2. The zero-order valence-electron chi connectivity index (χ0n) is 16.7. The molecule has 18 heteroatoms. The molecule has 0 spiro atoms. The lowest BCUT2D eigenvalue weighted by Gasteiger charge is -2.19. The molecule has 0 saturated carbocycles. The van der Waals surface area contributed by atoms with E-state index >= 15 is 0 Å². The van der Waals surface area contributed by atoms with Crippen LogP contribution in [0.2, 0.25) is 0 Å². The Labute approximate surface area is 178 Å². The van der Waals surface area contributed by atoms with Crippen LogP contribution in [-0.2, 0) is 29.6 Å². The molecule has 0 fully saturated rings. The normalized spacial score (nSPS) is 11.7. The van der Waals surface area contributed by atoms with Crippen LogP contribution < -0.4 is 25.0 Å². The first kappa shape index (κ1) is 26.2. The second-order valence-corrected chi connectivity index (χ2v) is 9.78. The van der Waals surface area contributed by atoms with Crippen molar-refractivity contribution in [3.8, 4) is 0 Å². The molecule has 1 aromatic rings. The summed E-state index contributed by atoms with van der Waals surface area (Å²) in [6.45, 7) is -1.31. The number of aromatic nitrogens is 3. The second kappa shape index (κ2) is 11.5. The van der Waals surface area contributed by atoms with Gasteiger partial charge in [-0.2, -0.15) is 15.0 Å². The third-order valence-electron chi connectivity index (χ3n) is 3.10. The third-order valence-corrected chi connectivity index (χ3v) is 4.56. The number of anilines is 3. The van der Waals surface area contributed by atoms with Gasteiger partial charge in [0.2, 0.25) is 37.9 Å². The van der Waals surface area contributed by atoms with Crippen LogP contribution in [0.4, 0.5) is 17.8 Å². The van der Waals surface area contributed by atoms with Crippen LogP contribution in [0, 0.1) is 0 Å². The molecule has 0 aromatic carbocycles. The van der Waals surface area contributed by atoms with Crippen LogP contribution in [-0.4, -0.2) is 106 Å². The summed E-state index contributed by atoms with van der Waals surface area (Å²) in [5.41, 5.74) is 0. The highest BCUT2D eigenvalue weighted by Gasteiger charge is 2.19. The van der Waals surface area contributed by atoms with Gasteiger partial charge in [0.15, 0.2) is 0 Å². The number of sulfonamides is 2. The summed E-state index contributed by atoms with van der Waals surface area (Å²) >= 11 is 0. The summed E-state index contributed by atoms with van der Waals surface area (Å²) in [6.07, 6.45) is 1.96. The lowest BCUT2D eigenvalue weighted by atomic mass is 10.5. The van der Waals surface area contributed by atoms with Gasteiger partial charge >= 0.3 is 11.9 Å². The molecular weight excluding hydrogens is 460 g/mol. The minimum absolute atomic E-state index is 0.00510. The lowest BCUT2D eigenvalue weighted by molar-refractivity contribution is -0.136. The van der Waals surface area contributed by atoms with Gasteiger partial charge in [-0.3, -0.25) is 9.59 Å². The molecule has 0 unspecified atom stereocenters. The van der Waals surface area contributed by atoms with Gasteiger partial charge in [-0.25, -0.2) is 26.3 Å². The Hall–Kier alpha value is -2.83. The van der Waals surface area contributed by atoms with Crippen LogP contribution >= 0.6 is 0 Å². The molecule has 1 rings (SSSR count). The molecule has 6 N–H and O–H groups in total. The Bertz CT molecular complexity index is 911. The SMILES string of the molecule is CS(=O)(=O)NCCNc1nc(NCCNS(C)(=O)=O)nc(N(CC(=O)O)CC(=O)O)n1. The zero-order chi connectivity index (χ0) is 23.7. The van der Waals surface area contributed by atoms with E-state index in [1.807, 2.05) is 0 Å². The van der Waals surface area contributed by atoms with Crippen LogP contribution in [0.25, 0.3) is 0 Å². The smallest absolute Gasteiger partial charge is 0.323 e. The maximum atomic E-state index is 11.1. The van der Waals surface area contributed by atoms with Crippen LogP contribution in [0.15, 0.2) is 0 Å².